The summed E-state index contributed by atoms with van der Waals surface area (Å²) in [5.41, 5.74) is 0.509. The third-order valence-corrected chi connectivity index (χ3v) is 4.42. The van der Waals surface area contributed by atoms with Crippen molar-refractivity contribution >= 4 is 11.6 Å². The predicted molar refractivity (Wildman–Crippen MR) is 71.3 cm³/mol. The molecule has 0 aliphatic heterocycles. The molecule has 1 N–H and O–H groups in total. The van der Waals surface area contributed by atoms with Gasteiger partial charge in [-0.25, -0.2) is 0 Å². The van der Waals surface area contributed by atoms with Gasteiger partial charge in [0.05, 0.1) is 0 Å². The SMILES string of the molecule is CN(C(=O)c1cc([I-]N([O-])O)ccc1F)c1ccccc1. The van der Waals surface area contributed by atoms with Crippen LogP contribution in [0.4, 0.5) is 10.1 Å². The number of para-hydroxylation sites is 1. The van der Waals surface area contributed by atoms with Crippen molar-refractivity contribution in [2.75, 3.05) is 11.9 Å². The number of anilines is 1. The van der Waals surface area contributed by atoms with Crippen molar-refractivity contribution in [3.05, 3.63) is 68.7 Å². The van der Waals surface area contributed by atoms with Crippen molar-refractivity contribution in [3.8, 4) is 0 Å². The zero-order valence-corrected chi connectivity index (χ0v) is 13.2. The number of nitrogens with zero attached hydrogens (tertiary/aromatic N) is 2. The molecule has 2 aromatic rings. The molecule has 1 amide bonds. The first-order valence-corrected chi connectivity index (χ1v) is 7.97. The van der Waals surface area contributed by atoms with Gasteiger partial charge in [0.2, 0.25) is 0 Å². The van der Waals surface area contributed by atoms with Gasteiger partial charge in [-0.05, 0) is 0 Å². The maximum absolute atomic E-state index is 13.8. The fourth-order valence-electron chi connectivity index (χ4n) is 1.75. The molecule has 0 bridgehead atoms. The van der Waals surface area contributed by atoms with Gasteiger partial charge in [-0.3, -0.25) is 0 Å². The normalized spacial score (nSPS) is 10.9. The fraction of sp³-hybridized carbons (Fsp3) is 0.0714. The Morgan fingerprint density at radius 2 is 1.90 bits per heavy atom. The Balaban J connectivity index is 2.30. The van der Waals surface area contributed by atoms with E-state index in [2.05, 4.69) is 0 Å². The topological polar surface area (TPSA) is 66.8 Å². The van der Waals surface area contributed by atoms with Crippen LogP contribution >= 0.6 is 0 Å². The van der Waals surface area contributed by atoms with Gasteiger partial charge in [-0.15, -0.1) is 0 Å². The summed E-state index contributed by atoms with van der Waals surface area (Å²) in [6.45, 7) is 0. The van der Waals surface area contributed by atoms with Crippen molar-refractivity contribution in [1.29, 1.82) is 0 Å². The number of halogens is 2. The standard InChI is InChI=1S/C14H12FIN2O3/c1-17(11-5-3-2-4-6-11)14(19)12-9-10(16-18(20)21)7-8-13(12)15/h2-9,20H,1H3/q-2. The van der Waals surface area contributed by atoms with Crippen LogP contribution in [-0.4, -0.2) is 21.6 Å². The van der Waals surface area contributed by atoms with Crippen LogP contribution in [0.1, 0.15) is 10.4 Å². The van der Waals surface area contributed by atoms with Gasteiger partial charge in [-0.2, -0.15) is 0 Å². The van der Waals surface area contributed by atoms with Crippen molar-refractivity contribution in [1.82, 2.24) is 3.44 Å². The summed E-state index contributed by atoms with van der Waals surface area (Å²) in [6.07, 6.45) is 0. The van der Waals surface area contributed by atoms with Gasteiger partial charge in [0, 0.05) is 0 Å². The van der Waals surface area contributed by atoms with Crippen molar-refractivity contribution in [2.24, 2.45) is 0 Å². The first-order chi connectivity index (χ1) is 9.99. The minimum absolute atomic E-state index is 0.125. The number of rotatable bonds is 4. The van der Waals surface area contributed by atoms with Gasteiger partial charge in [-0.1, -0.05) is 0 Å². The molecule has 0 aromatic heterocycles. The monoisotopic (exact) mass is 402 g/mol. The van der Waals surface area contributed by atoms with E-state index in [9.17, 15) is 14.4 Å². The zero-order chi connectivity index (χ0) is 15.4. The molecule has 2 rings (SSSR count). The van der Waals surface area contributed by atoms with Crippen LogP contribution in [0.2, 0.25) is 0 Å². The molecular weight excluding hydrogens is 390 g/mol. The molecule has 5 nitrogen and oxygen atoms in total. The van der Waals surface area contributed by atoms with E-state index in [0.29, 0.717) is 9.26 Å². The van der Waals surface area contributed by atoms with Gasteiger partial charge < -0.3 is 0 Å². The number of amides is 1. The van der Waals surface area contributed by atoms with E-state index in [1.54, 1.807) is 31.3 Å². The molecule has 0 aliphatic carbocycles. The van der Waals surface area contributed by atoms with E-state index in [4.69, 9.17) is 5.21 Å². The molecule has 112 valence electrons. The van der Waals surface area contributed by atoms with Crippen LogP contribution in [0, 0.1) is 14.6 Å². The van der Waals surface area contributed by atoms with Crippen molar-refractivity contribution < 1.29 is 35.9 Å². The van der Waals surface area contributed by atoms with Crippen LogP contribution < -0.4 is 26.4 Å². The number of carbonyl (C=O) groups excluding carboxylic acids is 1. The first kappa shape index (κ1) is 15.8. The summed E-state index contributed by atoms with van der Waals surface area (Å²) in [5, 5.41) is 19.4. The van der Waals surface area contributed by atoms with E-state index in [1.165, 1.54) is 17.0 Å². The van der Waals surface area contributed by atoms with Gasteiger partial charge in [0.25, 0.3) is 0 Å². The molecular formula is C14H12FIN2O3-2. The third-order valence-electron chi connectivity index (χ3n) is 2.78. The minimum atomic E-state index is -1.37. The predicted octanol–water partition coefficient (Wildman–Crippen LogP) is -0.535. The molecule has 21 heavy (non-hydrogen) atoms. The quantitative estimate of drug-likeness (QED) is 0.424. The second kappa shape index (κ2) is 6.94. The number of hydrogen-bond donors (Lipinski definition) is 1. The molecule has 0 saturated heterocycles. The average Bonchev–Trinajstić information content (AvgIpc) is 2.48. The summed E-state index contributed by atoms with van der Waals surface area (Å²) in [4.78, 5) is 13.7. The molecule has 0 radical (unpaired) electrons. The van der Waals surface area contributed by atoms with Gasteiger partial charge in [0.15, 0.2) is 0 Å². The second-order valence-electron chi connectivity index (χ2n) is 4.13. The number of hydrogen-bond acceptors (Lipinski definition) is 4. The second-order valence-corrected chi connectivity index (χ2v) is 6.69. The Morgan fingerprint density at radius 3 is 2.52 bits per heavy atom. The van der Waals surface area contributed by atoms with Crippen molar-refractivity contribution in [2.45, 2.75) is 0 Å². The number of benzene rings is 2. The van der Waals surface area contributed by atoms with Crippen LogP contribution in [-0.2, 0) is 0 Å². The molecule has 7 heteroatoms. The van der Waals surface area contributed by atoms with Crippen LogP contribution in [0.25, 0.3) is 0 Å². The molecule has 2 aromatic carbocycles. The van der Waals surface area contributed by atoms with E-state index in [1.807, 2.05) is 6.07 Å². The molecule has 0 heterocycles. The van der Waals surface area contributed by atoms with E-state index in [0.717, 1.165) is 6.07 Å². The van der Waals surface area contributed by atoms with E-state index < -0.39 is 33.2 Å². The summed E-state index contributed by atoms with van der Waals surface area (Å²) in [7, 11) is 1.55. The molecule has 0 unspecified atom stereocenters. The average molecular weight is 402 g/mol. The summed E-state index contributed by atoms with van der Waals surface area (Å²) >= 11 is -1.37. The van der Waals surface area contributed by atoms with Crippen molar-refractivity contribution in [3.63, 3.8) is 0 Å². The van der Waals surface area contributed by atoms with Gasteiger partial charge >= 0.3 is 132 Å². The Morgan fingerprint density at radius 1 is 1.24 bits per heavy atom. The molecule has 0 atom stereocenters. The Hall–Kier alpha value is -1.55. The van der Waals surface area contributed by atoms with Crippen LogP contribution in [0.15, 0.2) is 48.5 Å². The molecule has 0 fully saturated rings. The number of carbonyl (C=O) groups is 1. The Kier molecular flexibility index (Phi) is 5.23. The molecule has 0 saturated carbocycles. The first-order valence-electron chi connectivity index (χ1n) is 5.93. The fourth-order valence-corrected chi connectivity index (χ4v) is 3.01. The maximum atomic E-state index is 13.8. The summed E-state index contributed by atoms with van der Waals surface area (Å²) < 4.78 is 14.1. The third kappa shape index (κ3) is 3.97. The van der Waals surface area contributed by atoms with E-state index in [-0.39, 0.29) is 9.00 Å². The zero-order valence-electron chi connectivity index (χ0n) is 11.0. The van der Waals surface area contributed by atoms with Gasteiger partial charge in [0.1, 0.15) is 0 Å². The van der Waals surface area contributed by atoms with Crippen LogP contribution in [0.5, 0.6) is 0 Å². The van der Waals surface area contributed by atoms with E-state index >= 15 is 0 Å². The summed E-state index contributed by atoms with van der Waals surface area (Å²) in [5.74, 6) is -1.18. The Bertz CT molecular complexity index is 637. The molecule has 0 aliphatic rings. The summed E-state index contributed by atoms with van der Waals surface area (Å²) in [6, 6.07) is 12.7. The Labute approximate surface area is 131 Å². The molecule has 0 spiro atoms. The van der Waals surface area contributed by atoms with Crippen LogP contribution in [0.3, 0.4) is 0 Å².